The van der Waals surface area contributed by atoms with Crippen molar-refractivity contribution in [1.82, 2.24) is 0 Å². The zero-order valence-corrected chi connectivity index (χ0v) is 11.2. The molecule has 0 aromatic heterocycles. The summed E-state index contributed by atoms with van der Waals surface area (Å²) >= 11 is 0. The minimum Gasteiger partial charge on any atom is -0.430 e. The summed E-state index contributed by atoms with van der Waals surface area (Å²) in [6.45, 7) is 9.47. The van der Waals surface area contributed by atoms with E-state index in [1.807, 2.05) is 30.3 Å². The van der Waals surface area contributed by atoms with E-state index in [9.17, 15) is 4.79 Å². The Morgan fingerprint density at radius 1 is 1.22 bits per heavy atom. The number of carbonyl (C=O) groups is 1. The first-order valence-electron chi connectivity index (χ1n) is 5.93. The molecule has 0 saturated heterocycles. The van der Waals surface area contributed by atoms with Crippen LogP contribution in [0.5, 0.6) is 0 Å². The molecule has 0 bridgehead atoms. The Morgan fingerprint density at radius 3 is 2.39 bits per heavy atom. The lowest BCUT2D eigenvalue weighted by molar-refractivity contribution is -0.00354. The third kappa shape index (κ3) is 6.09. The second-order valence-corrected chi connectivity index (χ2v) is 5.17. The summed E-state index contributed by atoms with van der Waals surface area (Å²) < 4.78 is 10.0. The van der Waals surface area contributed by atoms with E-state index in [4.69, 9.17) is 9.47 Å². The first-order valence-corrected chi connectivity index (χ1v) is 5.93. The maximum Gasteiger partial charge on any atom is 0.509 e. The summed E-state index contributed by atoms with van der Waals surface area (Å²) in [6, 6.07) is 9.93. The van der Waals surface area contributed by atoms with E-state index in [0.29, 0.717) is 6.42 Å². The monoisotopic (exact) mass is 248 g/mol. The van der Waals surface area contributed by atoms with Crippen molar-refractivity contribution in [2.45, 2.75) is 32.8 Å². The van der Waals surface area contributed by atoms with Gasteiger partial charge in [0.25, 0.3) is 0 Å². The van der Waals surface area contributed by atoms with Crippen LogP contribution >= 0.6 is 0 Å². The number of hydrogen-bond donors (Lipinski definition) is 0. The maximum atomic E-state index is 11.3. The molecule has 98 valence electrons. The molecule has 1 aromatic carbocycles. The zero-order chi connectivity index (χ0) is 13.6. The molecule has 0 aliphatic heterocycles. The highest BCUT2D eigenvalue weighted by molar-refractivity contribution is 5.60. The Labute approximate surface area is 108 Å². The molecule has 0 atom stereocenters. The van der Waals surface area contributed by atoms with Crippen LogP contribution in [0, 0.1) is 0 Å². The minimum absolute atomic E-state index is 0.184. The number of carbonyl (C=O) groups excluding carboxylic acids is 1. The number of rotatable bonds is 4. The van der Waals surface area contributed by atoms with Crippen molar-refractivity contribution in [1.29, 1.82) is 0 Å². The summed E-state index contributed by atoms with van der Waals surface area (Å²) in [4.78, 5) is 11.3. The van der Waals surface area contributed by atoms with E-state index in [1.165, 1.54) is 0 Å². The lowest BCUT2D eigenvalue weighted by Crippen LogP contribution is -2.25. The average Bonchev–Trinajstić information content (AvgIpc) is 2.25. The van der Waals surface area contributed by atoms with Crippen LogP contribution in [-0.4, -0.2) is 18.4 Å². The fourth-order valence-corrected chi connectivity index (χ4v) is 1.38. The summed E-state index contributed by atoms with van der Waals surface area (Å²) in [7, 11) is 0. The summed E-state index contributed by atoms with van der Waals surface area (Å²) in [6.07, 6.45) is 0.0422. The summed E-state index contributed by atoms with van der Waals surface area (Å²) in [5.41, 5.74) is 1.46. The molecule has 1 rings (SSSR count). The molecule has 0 aliphatic carbocycles. The van der Waals surface area contributed by atoms with E-state index in [1.54, 1.807) is 20.8 Å². The SMILES string of the molecule is C=C(COC(=O)OC(C)(C)C)Cc1ccccc1. The van der Waals surface area contributed by atoms with Crippen LogP contribution in [0.25, 0.3) is 0 Å². The van der Waals surface area contributed by atoms with Gasteiger partial charge in [0.2, 0.25) is 0 Å². The van der Waals surface area contributed by atoms with Gasteiger partial charge in [0.05, 0.1) is 0 Å². The van der Waals surface area contributed by atoms with Crippen molar-refractivity contribution in [3.05, 3.63) is 48.0 Å². The lowest BCUT2D eigenvalue weighted by atomic mass is 10.1. The van der Waals surface area contributed by atoms with Gasteiger partial charge in [-0.25, -0.2) is 4.79 Å². The van der Waals surface area contributed by atoms with Gasteiger partial charge in [0.15, 0.2) is 0 Å². The fraction of sp³-hybridized carbons (Fsp3) is 0.400. The fourth-order valence-electron chi connectivity index (χ4n) is 1.38. The molecule has 1 aromatic rings. The molecule has 3 heteroatoms. The first kappa shape index (κ1) is 14.3. The van der Waals surface area contributed by atoms with Gasteiger partial charge in [0.1, 0.15) is 12.2 Å². The van der Waals surface area contributed by atoms with Gasteiger partial charge in [-0.3, -0.25) is 0 Å². The quantitative estimate of drug-likeness (QED) is 0.601. The highest BCUT2D eigenvalue weighted by Gasteiger charge is 2.17. The van der Waals surface area contributed by atoms with E-state index >= 15 is 0 Å². The first-order chi connectivity index (χ1) is 8.37. The number of hydrogen-bond acceptors (Lipinski definition) is 3. The van der Waals surface area contributed by atoms with Crippen LogP contribution in [0.2, 0.25) is 0 Å². The maximum absolute atomic E-state index is 11.3. The standard InChI is InChI=1S/C15H20O3/c1-12(10-13-8-6-5-7-9-13)11-17-14(16)18-15(2,3)4/h5-9H,1,10-11H2,2-4H3. The Morgan fingerprint density at radius 2 is 1.83 bits per heavy atom. The Hall–Kier alpha value is -1.77. The largest absolute Gasteiger partial charge is 0.509 e. The predicted molar refractivity (Wildman–Crippen MR) is 71.5 cm³/mol. The molecular weight excluding hydrogens is 228 g/mol. The van der Waals surface area contributed by atoms with Gasteiger partial charge >= 0.3 is 6.16 Å². The van der Waals surface area contributed by atoms with E-state index in [2.05, 4.69) is 6.58 Å². The van der Waals surface area contributed by atoms with Gasteiger partial charge in [-0.2, -0.15) is 0 Å². The van der Waals surface area contributed by atoms with Crippen molar-refractivity contribution in [3.63, 3.8) is 0 Å². The molecule has 0 heterocycles. The van der Waals surface area contributed by atoms with Crippen LogP contribution in [-0.2, 0) is 15.9 Å². The molecule has 0 N–H and O–H groups in total. The molecule has 0 aliphatic rings. The third-order valence-corrected chi connectivity index (χ3v) is 2.08. The number of ether oxygens (including phenoxy) is 2. The van der Waals surface area contributed by atoms with Crippen molar-refractivity contribution >= 4 is 6.16 Å². The normalized spacial score (nSPS) is 10.8. The highest BCUT2D eigenvalue weighted by atomic mass is 16.7. The minimum atomic E-state index is -0.656. The smallest absolute Gasteiger partial charge is 0.430 e. The average molecular weight is 248 g/mol. The van der Waals surface area contributed by atoms with Crippen LogP contribution < -0.4 is 0 Å². The van der Waals surface area contributed by atoms with Crippen LogP contribution in [0.1, 0.15) is 26.3 Å². The molecule has 3 nitrogen and oxygen atoms in total. The summed E-state index contributed by atoms with van der Waals surface area (Å²) in [5, 5.41) is 0. The van der Waals surface area contributed by atoms with Crippen molar-refractivity contribution in [3.8, 4) is 0 Å². The van der Waals surface area contributed by atoms with Gasteiger partial charge in [-0.1, -0.05) is 36.9 Å². The van der Waals surface area contributed by atoms with Crippen molar-refractivity contribution < 1.29 is 14.3 Å². The van der Waals surface area contributed by atoms with E-state index < -0.39 is 11.8 Å². The van der Waals surface area contributed by atoms with Gasteiger partial charge in [-0.05, 0) is 38.3 Å². The Balaban J connectivity index is 2.32. The third-order valence-electron chi connectivity index (χ3n) is 2.08. The van der Waals surface area contributed by atoms with Crippen molar-refractivity contribution in [2.75, 3.05) is 6.61 Å². The van der Waals surface area contributed by atoms with Crippen molar-refractivity contribution in [2.24, 2.45) is 0 Å². The molecule has 0 amide bonds. The van der Waals surface area contributed by atoms with Crippen LogP contribution in [0.3, 0.4) is 0 Å². The molecule has 0 spiro atoms. The van der Waals surface area contributed by atoms with Crippen LogP contribution in [0.4, 0.5) is 4.79 Å². The molecule has 0 unspecified atom stereocenters. The topological polar surface area (TPSA) is 35.5 Å². The molecular formula is C15H20O3. The molecule has 18 heavy (non-hydrogen) atoms. The Bertz CT molecular complexity index is 401. The molecule has 0 radical (unpaired) electrons. The molecule has 0 fully saturated rings. The Kier molecular flexibility index (Phi) is 4.95. The second-order valence-electron chi connectivity index (χ2n) is 5.17. The molecule has 0 saturated carbocycles. The van der Waals surface area contributed by atoms with E-state index in [0.717, 1.165) is 11.1 Å². The second kappa shape index (κ2) is 6.24. The summed E-state index contributed by atoms with van der Waals surface area (Å²) in [5.74, 6) is 0. The lowest BCUT2D eigenvalue weighted by Gasteiger charge is -2.19. The van der Waals surface area contributed by atoms with E-state index in [-0.39, 0.29) is 6.61 Å². The van der Waals surface area contributed by atoms with Crippen LogP contribution in [0.15, 0.2) is 42.5 Å². The van der Waals surface area contributed by atoms with Gasteiger partial charge in [-0.15, -0.1) is 0 Å². The van der Waals surface area contributed by atoms with Gasteiger partial charge < -0.3 is 9.47 Å². The number of benzene rings is 1. The zero-order valence-electron chi connectivity index (χ0n) is 11.2. The van der Waals surface area contributed by atoms with Gasteiger partial charge in [0, 0.05) is 0 Å². The highest BCUT2D eigenvalue weighted by Crippen LogP contribution is 2.10. The predicted octanol–water partition coefficient (Wildman–Crippen LogP) is 3.74.